The van der Waals surface area contributed by atoms with E-state index in [4.69, 9.17) is 0 Å². The number of anilines is 2. The molecule has 4 atom stereocenters. The molecule has 2 saturated heterocycles. The Balaban J connectivity index is 0.802. The lowest BCUT2D eigenvalue weighted by molar-refractivity contribution is -0.136. The van der Waals surface area contributed by atoms with Gasteiger partial charge in [-0.05, 0) is 109 Å². The molecule has 4 amide bonds. The summed E-state index contributed by atoms with van der Waals surface area (Å²) in [6.45, 7) is 2.86. The van der Waals surface area contributed by atoms with Crippen molar-refractivity contribution < 1.29 is 24.3 Å². The molecule has 12 heteroatoms. The number of nitrogens with one attached hydrogen (secondary N) is 3. The molecule has 4 N–H and O–H groups in total. The summed E-state index contributed by atoms with van der Waals surface area (Å²) in [5, 5.41) is 19.8. The first-order chi connectivity index (χ1) is 27.4. The van der Waals surface area contributed by atoms with Gasteiger partial charge in [-0.3, -0.25) is 39.3 Å². The van der Waals surface area contributed by atoms with Gasteiger partial charge >= 0.3 is 0 Å². The molecule has 290 valence electrons. The predicted octanol–water partition coefficient (Wildman–Crippen LogP) is 6.65. The Kier molecular flexibility index (Phi) is 11.5. The molecular weight excluding hydrogens is 725 g/mol. The molecule has 56 heavy (non-hydrogen) atoms. The van der Waals surface area contributed by atoms with E-state index in [1.165, 1.54) is 22.3 Å². The summed E-state index contributed by atoms with van der Waals surface area (Å²) >= 11 is 1.57. The Bertz CT molecular complexity index is 2110. The van der Waals surface area contributed by atoms with Gasteiger partial charge < -0.3 is 15.7 Å². The average Bonchev–Trinajstić information content (AvgIpc) is 3.75. The molecule has 4 aromatic rings. The molecule has 0 saturated carbocycles. The standard InChI is InChI=1S/C44H48N6O5S/c51-27-36-32-18-22-49(26-28-16-20-45-21-17-28)41(32)34-25-30(12-13-35(34)47-36)29-8-6-9-31(24-29)46-19-4-2-1-3-5-23-56-38-11-7-10-33-40(38)44(55)50(43(33)54)37-14-15-39(52)48-42(37)53/h6-13,16-17,20-21,24-25,32,36-37,41,46-47,51H,1-5,14-15,18-19,22-23,26-27H2,(H,48,52,53)/t32-,36-,37?,41-/m1/s1. The van der Waals surface area contributed by atoms with Crippen LogP contribution in [-0.4, -0.2) is 81.1 Å². The van der Waals surface area contributed by atoms with Crippen molar-refractivity contribution in [2.75, 3.05) is 36.1 Å². The number of pyridine rings is 1. The second-order valence-corrected chi connectivity index (χ2v) is 16.3. The summed E-state index contributed by atoms with van der Waals surface area (Å²) in [5.41, 5.74) is 7.82. The molecule has 0 radical (unpaired) electrons. The number of carbonyl (C=O) groups is 4. The quantitative estimate of drug-likeness (QED) is 0.0589. The maximum absolute atomic E-state index is 13.4. The van der Waals surface area contributed by atoms with Crippen molar-refractivity contribution in [3.05, 3.63) is 107 Å². The summed E-state index contributed by atoms with van der Waals surface area (Å²) in [7, 11) is 0. The maximum Gasteiger partial charge on any atom is 0.263 e. The SMILES string of the molecule is O=C1CCC(N2C(=O)c3cccc(SCCCCCCCNc4cccc(-c5ccc6c(c5)[C@H]5[C@H](CCN5Cc5ccncc5)[C@@H](CO)N6)c4)c3C2=O)C(=O)N1. The molecule has 5 heterocycles. The third-order valence-corrected chi connectivity index (χ3v) is 12.8. The molecule has 0 aliphatic carbocycles. The Morgan fingerprint density at radius 2 is 1.66 bits per heavy atom. The number of nitrogens with zero attached hydrogens (tertiary/aromatic N) is 3. The third-order valence-electron chi connectivity index (χ3n) is 11.6. The number of amides is 4. The van der Waals surface area contributed by atoms with Crippen molar-refractivity contribution in [2.45, 2.75) is 80.9 Å². The molecule has 0 bridgehead atoms. The van der Waals surface area contributed by atoms with Crippen LogP contribution in [0.1, 0.15) is 89.3 Å². The van der Waals surface area contributed by atoms with E-state index in [-0.39, 0.29) is 37.4 Å². The molecule has 3 aromatic carbocycles. The fraction of sp³-hybridized carbons (Fsp3) is 0.386. The number of likely N-dealkylation sites (tertiary alicyclic amines) is 1. The lowest BCUT2D eigenvalue weighted by Crippen LogP contribution is -2.54. The van der Waals surface area contributed by atoms with Crippen molar-refractivity contribution in [1.82, 2.24) is 20.1 Å². The molecule has 4 aliphatic rings. The first kappa shape index (κ1) is 37.9. The number of hydrogen-bond acceptors (Lipinski definition) is 10. The molecule has 11 nitrogen and oxygen atoms in total. The van der Waals surface area contributed by atoms with Gasteiger partial charge in [-0.25, -0.2) is 0 Å². The van der Waals surface area contributed by atoms with E-state index >= 15 is 0 Å². The minimum Gasteiger partial charge on any atom is -0.394 e. The Labute approximate surface area is 331 Å². The van der Waals surface area contributed by atoms with Gasteiger partial charge in [0.2, 0.25) is 11.8 Å². The minimum atomic E-state index is -0.957. The summed E-state index contributed by atoms with van der Waals surface area (Å²) in [5.74, 6) is -0.731. The van der Waals surface area contributed by atoms with Crippen LogP contribution in [0.3, 0.4) is 0 Å². The van der Waals surface area contributed by atoms with Gasteiger partial charge in [0, 0.05) is 60.1 Å². The van der Waals surface area contributed by atoms with Gasteiger partial charge in [0.1, 0.15) is 6.04 Å². The predicted molar refractivity (Wildman–Crippen MR) is 217 cm³/mol. The van der Waals surface area contributed by atoms with Gasteiger partial charge in [-0.1, -0.05) is 43.5 Å². The Hall–Kier alpha value is -5.04. The van der Waals surface area contributed by atoms with Gasteiger partial charge in [-0.2, -0.15) is 0 Å². The number of thioether (sulfide) groups is 1. The van der Waals surface area contributed by atoms with Crippen LogP contribution in [-0.2, 0) is 16.1 Å². The van der Waals surface area contributed by atoms with E-state index in [2.05, 4.69) is 80.4 Å². The summed E-state index contributed by atoms with van der Waals surface area (Å²) < 4.78 is 0. The number of carbonyl (C=O) groups excluding carboxylic acids is 4. The number of aliphatic hydroxyl groups is 1. The second kappa shape index (κ2) is 17.0. The van der Waals surface area contributed by atoms with E-state index in [1.54, 1.807) is 23.9 Å². The normalized spacial score (nSPS) is 21.7. The van der Waals surface area contributed by atoms with Crippen molar-refractivity contribution in [3.63, 3.8) is 0 Å². The van der Waals surface area contributed by atoms with E-state index in [1.807, 2.05) is 18.5 Å². The largest absolute Gasteiger partial charge is 0.394 e. The summed E-state index contributed by atoms with van der Waals surface area (Å²) in [6.07, 6.45) is 10.3. The van der Waals surface area contributed by atoms with Crippen molar-refractivity contribution in [2.24, 2.45) is 5.92 Å². The van der Waals surface area contributed by atoms with Crippen molar-refractivity contribution >= 4 is 46.8 Å². The number of imide groups is 2. The molecule has 8 rings (SSSR count). The molecule has 2 fully saturated rings. The Morgan fingerprint density at radius 3 is 2.50 bits per heavy atom. The topological polar surface area (TPSA) is 144 Å². The van der Waals surface area contributed by atoms with Gasteiger partial charge in [-0.15, -0.1) is 11.8 Å². The van der Waals surface area contributed by atoms with E-state index in [9.17, 15) is 24.3 Å². The highest BCUT2D eigenvalue weighted by molar-refractivity contribution is 7.99. The number of rotatable bonds is 15. The van der Waals surface area contributed by atoms with Crippen molar-refractivity contribution in [1.29, 1.82) is 0 Å². The van der Waals surface area contributed by atoms with Gasteiger partial charge in [0.25, 0.3) is 11.8 Å². The first-order valence-electron chi connectivity index (χ1n) is 19.9. The average molecular weight is 773 g/mol. The Morgan fingerprint density at radius 1 is 0.857 bits per heavy atom. The maximum atomic E-state index is 13.4. The highest BCUT2D eigenvalue weighted by Crippen LogP contribution is 2.48. The molecule has 4 aliphatic heterocycles. The first-order valence-corrected chi connectivity index (χ1v) is 20.8. The highest BCUT2D eigenvalue weighted by Gasteiger charge is 2.46. The van der Waals surface area contributed by atoms with E-state index in [0.717, 1.165) is 85.1 Å². The molecule has 1 unspecified atom stereocenters. The van der Waals surface area contributed by atoms with Gasteiger partial charge in [0.15, 0.2) is 0 Å². The zero-order chi connectivity index (χ0) is 38.6. The second-order valence-electron chi connectivity index (χ2n) is 15.2. The van der Waals surface area contributed by atoms with Crippen LogP contribution in [0, 0.1) is 5.92 Å². The van der Waals surface area contributed by atoms with Crippen LogP contribution >= 0.6 is 11.8 Å². The monoisotopic (exact) mass is 772 g/mol. The number of piperidine rings is 1. The van der Waals surface area contributed by atoms with E-state index in [0.29, 0.717) is 17.0 Å². The van der Waals surface area contributed by atoms with E-state index < -0.39 is 23.8 Å². The lowest BCUT2D eigenvalue weighted by Gasteiger charge is -2.39. The van der Waals surface area contributed by atoms with Gasteiger partial charge in [0.05, 0.1) is 23.8 Å². The fourth-order valence-electron chi connectivity index (χ4n) is 8.82. The fourth-order valence-corrected chi connectivity index (χ4v) is 9.91. The lowest BCUT2D eigenvalue weighted by atomic mass is 9.82. The number of aromatic nitrogens is 1. The van der Waals surface area contributed by atoms with Crippen molar-refractivity contribution in [3.8, 4) is 11.1 Å². The van der Waals surface area contributed by atoms with Crippen LogP contribution < -0.4 is 16.0 Å². The third kappa shape index (κ3) is 7.83. The minimum absolute atomic E-state index is 0.0454. The van der Waals surface area contributed by atoms with Crippen LogP contribution in [0.25, 0.3) is 11.1 Å². The summed E-state index contributed by atoms with van der Waals surface area (Å²) in [4.78, 5) is 59.1. The number of benzene rings is 3. The molecular formula is C44H48N6O5S. The number of unbranched alkanes of at least 4 members (excludes halogenated alkanes) is 4. The molecule has 1 aromatic heterocycles. The zero-order valence-corrected chi connectivity index (χ0v) is 32.2. The van der Waals surface area contributed by atoms with Crippen LogP contribution in [0.5, 0.6) is 0 Å². The van der Waals surface area contributed by atoms with Crippen LogP contribution in [0.4, 0.5) is 11.4 Å². The summed E-state index contributed by atoms with van der Waals surface area (Å²) in [6, 6.07) is 24.1. The number of aliphatic hydroxyl groups excluding tert-OH is 1. The highest BCUT2D eigenvalue weighted by atomic mass is 32.2. The van der Waals surface area contributed by atoms with Crippen LogP contribution in [0.15, 0.2) is 90.1 Å². The van der Waals surface area contributed by atoms with Crippen LogP contribution in [0.2, 0.25) is 0 Å². The number of hydrogen-bond donors (Lipinski definition) is 4. The zero-order valence-electron chi connectivity index (χ0n) is 31.4. The number of fused-ring (bicyclic) bond motifs is 4. The smallest absolute Gasteiger partial charge is 0.263 e. The molecule has 0 spiro atoms.